The van der Waals surface area contributed by atoms with Crippen LogP contribution in [-0.2, 0) is 13.1 Å². The third kappa shape index (κ3) is 7.00. The third-order valence-electron chi connectivity index (χ3n) is 6.51. The molecule has 0 fully saturated rings. The molecule has 198 valence electrons. The molecule has 1 N–H and O–H groups in total. The van der Waals surface area contributed by atoms with Gasteiger partial charge in [-0.1, -0.05) is 35.4 Å². The van der Waals surface area contributed by atoms with Crippen molar-refractivity contribution in [1.82, 2.24) is 0 Å². The van der Waals surface area contributed by atoms with Crippen molar-refractivity contribution < 1.29 is 27.5 Å². The lowest BCUT2D eigenvalue weighted by atomic mass is 10.0. The molecule has 2 aromatic carbocycles. The number of carbonyl (C=O) groups excluding carboxylic acids is 2. The predicted octanol–water partition coefficient (Wildman–Crippen LogP) is 6.70. The summed E-state index contributed by atoms with van der Waals surface area (Å²) in [5, 5.41) is 0. The Bertz CT molecular complexity index is 1100. The SMILES string of the molecule is CO[Si](C)(C)O[Si](C)(O)CCCP(=O)(C(=O)c1c(C)cc(C)cc1C)C(=O)c1c(C)cc(C)cc1C. The highest BCUT2D eigenvalue weighted by molar-refractivity contribution is 7.95. The molecule has 0 aliphatic rings. The molecule has 2 rings (SSSR count). The second-order valence-electron chi connectivity index (χ2n) is 10.6. The number of hydrogen-bond acceptors (Lipinski definition) is 6. The molecule has 0 spiro atoms. The zero-order valence-electron chi connectivity index (χ0n) is 23.4. The van der Waals surface area contributed by atoms with Crippen molar-refractivity contribution in [3.8, 4) is 0 Å². The van der Waals surface area contributed by atoms with Crippen LogP contribution in [0.15, 0.2) is 24.3 Å². The first-order valence-electron chi connectivity index (χ1n) is 12.3. The molecule has 1 unspecified atom stereocenters. The van der Waals surface area contributed by atoms with Crippen molar-refractivity contribution >= 4 is 35.3 Å². The Labute approximate surface area is 218 Å². The molecule has 0 bridgehead atoms. The van der Waals surface area contributed by atoms with Crippen LogP contribution >= 0.6 is 7.14 Å². The highest BCUT2D eigenvalue weighted by atomic mass is 31.2. The Morgan fingerprint density at radius 1 is 0.806 bits per heavy atom. The zero-order valence-corrected chi connectivity index (χ0v) is 26.3. The zero-order chi connectivity index (χ0) is 27.6. The van der Waals surface area contributed by atoms with E-state index in [1.165, 1.54) is 0 Å². The van der Waals surface area contributed by atoms with Gasteiger partial charge in [-0.25, -0.2) is 0 Å². The van der Waals surface area contributed by atoms with E-state index in [4.69, 9.17) is 8.54 Å². The van der Waals surface area contributed by atoms with Gasteiger partial charge in [0.1, 0.15) is 0 Å². The van der Waals surface area contributed by atoms with Gasteiger partial charge in [0.2, 0.25) is 18.2 Å². The van der Waals surface area contributed by atoms with Gasteiger partial charge in [-0.15, -0.1) is 0 Å². The molecule has 0 radical (unpaired) electrons. The standard InChI is InChI=1S/C27H41O6PSi2/c1-18-14-20(3)24(21(4)15-18)26(28)34(30,12-11-13-36(10,31)33-35(8,9)32-7)27(29)25-22(5)16-19(2)17-23(25)6/h14-17,31H,11-13H2,1-10H3. The first-order chi connectivity index (χ1) is 16.4. The first-order valence-corrected chi connectivity index (χ1v) is 19.5. The Kier molecular flexibility index (Phi) is 9.65. The Morgan fingerprint density at radius 2 is 1.17 bits per heavy atom. The summed E-state index contributed by atoms with van der Waals surface area (Å²) in [7, 11) is -8.16. The van der Waals surface area contributed by atoms with Crippen LogP contribution in [0.2, 0.25) is 25.7 Å². The molecule has 0 aliphatic heterocycles. The lowest BCUT2D eigenvalue weighted by Crippen LogP contribution is -2.48. The van der Waals surface area contributed by atoms with Gasteiger partial charge in [0.15, 0.2) is 0 Å². The highest BCUT2D eigenvalue weighted by Gasteiger charge is 2.44. The van der Waals surface area contributed by atoms with Crippen molar-refractivity contribution in [2.75, 3.05) is 13.3 Å². The number of aryl methyl sites for hydroxylation is 6. The Morgan fingerprint density at radius 3 is 1.50 bits per heavy atom. The second kappa shape index (κ2) is 11.4. The molecule has 6 nitrogen and oxygen atoms in total. The molecule has 0 amide bonds. The van der Waals surface area contributed by atoms with Gasteiger partial charge in [0.25, 0.3) is 0 Å². The molecule has 0 aliphatic carbocycles. The van der Waals surface area contributed by atoms with Gasteiger partial charge >= 0.3 is 17.1 Å². The van der Waals surface area contributed by atoms with Crippen LogP contribution in [0.3, 0.4) is 0 Å². The van der Waals surface area contributed by atoms with E-state index < -0.39 is 35.3 Å². The van der Waals surface area contributed by atoms with Crippen molar-refractivity contribution in [3.05, 3.63) is 68.8 Å². The monoisotopic (exact) mass is 548 g/mol. The van der Waals surface area contributed by atoms with E-state index in [0.29, 0.717) is 33.4 Å². The highest BCUT2D eigenvalue weighted by Crippen LogP contribution is 2.54. The van der Waals surface area contributed by atoms with Crippen LogP contribution in [0, 0.1) is 41.5 Å². The third-order valence-corrected chi connectivity index (χ3v) is 15.2. The number of benzene rings is 2. The summed E-state index contributed by atoms with van der Waals surface area (Å²) in [6, 6.07) is 7.75. The van der Waals surface area contributed by atoms with Crippen LogP contribution in [-0.4, -0.2) is 46.2 Å². The fourth-order valence-electron chi connectivity index (χ4n) is 4.94. The fourth-order valence-corrected chi connectivity index (χ4v) is 13.7. The van der Waals surface area contributed by atoms with Gasteiger partial charge in [0, 0.05) is 24.4 Å². The second-order valence-corrected chi connectivity index (χ2v) is 20.2. The van der Waals surface area contributed by atoms with E-state index in [1.54, 1.807) is 13.7 Å². The molecule has 0 saturated carbocycles. The van der Waals surface area contributed by atoms with Crippen LogP contribution in [0.4, 0.5) is 0 Å². The average molecular weight is 549 g/mol. The maximum absolute atomic E-state index is 14.6. The number of hydrogen-bond donors (Lipinski definition) is 1. The summed E-state index contributed by atoms with van der Waals surface area (Å²) in [4.78, 5) is 38.9. The summed E-state index contributed by atoms with van der Waals surface area (Å²) in [6.07, 6.45) is 0.113. The van der Waals surface area contributed by atoms with Gasteiger partial charge in [-0.05, 0) is 95.9 Å². The minimum absolute atomic E-state index is 0.119. The van der Waals surface area contributed by atoms with E-state index in [9.17, 15) is 18.9 Å². The maximum Gasteiger partial charge on any atom is 0.323 e. The largest absolute Gasteiger partial charge is 0.415 e. The van der Waals surface area contributed by atoms with Gasteiger partial charge in [-0.3, -0.25) is 9.59 Å². The molecular formula is C27H41O6PSi2. The molecular weight excluding hydrogens is 507 g/mol. The fraction of sp³-hybridized carbons (Fsp3) is 0.481. The van der Waals surface area contributed by atoms with E-state index in [1.807, 2.05) is 78.9 Å². The predicted molar refractivity (Wildman–Crippen MR) is 151 cm³/mol. The normalized spacial score (nSPS) is 14.0. The van der Waals surface area contributed by atoms with Gasteiger partial charge < -0.3 is 17.9 Å². The summed E-state index contributed by atoms with van der Waals surface area (Å²) < 4.78 is 25.9. The Hall–Kier alpha value is -1.68. The van der Waals surface area contributed by atoms with Crippen LogP contribution in [0.25, 0.3) is 0 Å². The van der Waals surface area contributed by atoms with Crippen molar-refractivity contribution in [2.24, 2.45) is 0 Å². The van der Waals surface area contributed by atoms with Gasteiger partial charge in [-0.2, -0.15) is 0 Å². The molecule has 9 heteroatoms. The molecule has 0 saturated heterocycles. The topological polar surface area (TPSA) is 89.9 Å². The van der Waals surface area contributed by atoms with Crippen molar-refractivity contribution in [1.29, 1.82) is 0 Å². The van der Waals surface area contributed by atoms with Crippen molar-refractivity contribution in [3.63, 3.8) is 0 Å². The van der Waals surface area contributed by atoms with Crippen LogP contribution in [0.5, 0.6) is 0 Å². The van der Waals surface area contributed by atoms with Crippen LogP contribution in [0.1, 0.15) is 60.5 Å². The van der Waals surface area contributed by atoms with Crippen molar-refractivity contribution in [2.45, 2.75) is 73.6 Å². The number of rotatable bonds is 11. The quantitative estimate of drug-likeness (QED) is 0.248. The summed E-state index contributed by atoms with van der Waals surface area (Å²) in [5.74, 6) is 0. The molecule has 0 aromatic heterocycles. The molecule has 1 atom stereocenters. The number of carbonyl (C=O) groups is 2. The first kappa shape index (κ1) is 30.5. The average Bonchev–Trinajstić information content (AvgIpc) is 2.70. The van der Waals surface area contributed by atoms with E-state index >= 15 is 0 Å². The summed E-state index contributed by atoms with van der Waals surface area (Å²) in [6.45, 7) is 16.5. The lowest BCUT2D eigenvalue weighted by Gasteiger charge is -2.30. The maximum atomic E-state index is 14.6. The lowest BCUT2D eigenvalue weighted by molar-refractivity contribution is 0.103. The minimum atomic E-state index is -4.07. The molecule has 36 heavy (non-hydrogen) atoms. The van der Waals surface area contributed by atoms with Crippen LogP contribution < -0.4 is 0 Å². The summed E-state index contributed by atoms with van der Waals surface area (Å²) >= 11 is 0. The molecule has 2 aromatic rings. The molecule has 0 heterocycles. The van der Waals surface area contributed by atoms with E-state index in [0.717, 1.165) is 11.1 Å². The Balaban J connectivity index is 2.54. The smallest absolute Gasteiger partial charge is 0.323 e. The summed E-state index contributed by atoms with van der Waals surface area (Å²) in [5.41, 5.74) is 4.34. The minimum Gasteiger partial charge on any atom is -0.415 e. The van der Waals surface area contributed by atoms with E-state index in [2.05, 4.69) is 0 Å². The van der Waals surface area contributed by atoms with Gasteiger partial charge in [0.05, 0.1) is 0 Å². The van der Waals surface area contributed by atoms with E-state index in [-0.39, 0.29) is 18.6 Å².